The van der Waals surface area contributed by atoms with Gasteiger partial charge in [0.05, 0.1) is 0 Å². The van der Waals surface area contributed by atoms with E-state index in [2.05, 4.69) is 24.1 Å². The SMILES string of the molecule is CCCN(C1CCCNC1)C1CCCC1C. The van der Waals surface area contributed by atoms with E-state index in [-0.39, 0.29) is 0 Å². The molecule has 2 rings (SSSR count). The number of piperidine rings is 1. The summed E-state index contributed by atoms with van der Waals surface area (Å²) in [6.45, 7) is 8.54. The van der Waals surface area contributed by atoms with Gasteiger partial charge in [-0.25, -0.2) is 0 Å². The molecule has 0 aromatic heterocycles. The molecule has 2 nitrogen and oxygen atoms in total. The third-order valence-electron chi connectivity index (χ3n) is 4.46. The second-order valence-corrected chi connectivity index (χ2v) is 5.71. The Bertz CT molecular complexity index is 199. The molecule has 0 aromatic rings. The van der Waals surface area contributed by atoms with Crippen molar-refractivity contribution in [3.8, 4) is 0 Å². The second-order valence-electron chi connectivity index (χ2n) is 5.71. The highest BCUT2D eigenvalue weighted by atomic mass is 15.2. The number of nitrogens with zero attached hydrogens (tertiary/aromatic N) is 1. The molecule has 1 N–H and O–H groups in total. The maximum absolute atomic E-state index is 3.57. The van der Waals surface area contributed by atoms with Crippen LogP contribution in [0, 0.1) is 5.92 Å². The topological polar surface area (TPSA) is 15.3 Å². The number of hydrogen-bond acceptors (Lipinski definition) is 2. The number of rotatable bonds is 4. The largest absolute Gasteiger partial charge is 0.315 e. The minimum Gasteiger partial charge on any atom is -0.315 e. The first-order valence-corrected chi connectivity index (χ1v) is 7.29. The van der Waals surface area contributed by atoms with E-state index in [1.807, 2.05) is 0 Å². The number of hydrogen-bond donors (Lipinski definition) is 1. The third kappa shape index (κ3) is 2.78. The minimum atomic E-state index is 0.819. The summed E-state index contributed by atoms with van der Waals surface area (Å²) in [5.41, 5.74) is 0. The van der Waals surface area contributed by atoms with E-state index in [4.69, 9.17) is 0 Å². The normalized spacial score (nSPS) is 35.8. The van der Waals surface area contributed by atoms with Gasteiger partial charge in [-0.15, -0.1) is 0 Å². The van der Waals surface area contributed by atoms with E-state index in [0.29, 0.717) is 0 Å². The molecule has 2 aliphatic rings. The van der Waals surface area contributed by atoms with Crippen LogP contribution in [0.25, 0.3) is 0 Å². The van der Waals surface area contributed by atoms with Crippen LogP contribution in [0.4, 0.5) is 0 Å². The van der Waals surface area contributed by atoms with E-state index in [0.717, 1.165) is 18.0 Å². The molecular weight excluding hydrogens is 196 g/mol. The smallest absolute Gasteiger partial charge is 0.0224 e. The summed E-state index contributed by atoms with van der Waals surface area (Å²) in [4.78, 5) is 2.84. The minimum absolute atomic E-state index is 0.819. The molecule has 1 aliphatic carbocycles. The third-order valence-corrected chi connectivity index (χ3v) is 4.46. The summed E-state index contributed by atoms with van der Waals surface area (Å²) in [6.07, 6.45) is 8.43. The molecule has 1 saturated heterocycles. The quantitative estimate of drug-likeness (QED) is 0.790. The van der Waals surface area contributed by atoms with E-state index in [1.165, 1.54) is 58.2 Å². The molecule has 1 heterocycles. The van der Waals surface area contributed by atoms with Gasteiger partial charge in [-0.3, -0.25) is 4.90 Å². The fourth-order valence-corrected chi connectivity index (χ4v) is 3.61. The lowest BCUT2D eigenvalue weighted by Crippen LogP contribution is -2.51. The lowest BCUT2D eigenvalue weighted by molar-refractivity contribution is 0.0928. The van der Waals surface area contributed by atoms with E-state index in [1.54, 1.807) is 0 Å². The van der Waals surface area contributed by atoms with Gasteiger partial charge < -0.3 is 5.32 Å². The van der Waals surface area contributed by atoms with Crippen molar-refractivity contribution in [1.29, 1.82) is 0 Å². The van der Waals surface area contributed by atoms with Crippen molar-refractivity contribution in [1.82, 2.24) is 10.2 Å². The highest BCUT2D eigenvalue weighted by Gasteiger charge is 2.33. The highest BCUT2D eigenvalue weighted by Crippen LogP contribution is 2.31. The van der Waals surface area contributed by atoms with Crippen molar-refractivity contribution < 1.29 is 0 Å². The summed E-state index contributed by atoms with van der Waals surface area (Å²) in [6, 6.07) is 1.70. The van der Waals surface area contributed by atoms with E-state index < -0.39 is 0 Å². The van der Waals surface area contributed by atoms with Crippen LogP contribution in [-0.4, -0.2) is 36.6 Å². The molecule has 1 saturated carbocycles. The Kier molecular flexibility index (Phi) is 4.66. The average Bonchev–Trinajstić information content (AvgIpc) is 2.73. The summed E-state index contributed by atoms with van der Waals surface area (Å²) >= 11 is 0. The Labute approximate surface area is 101 Å². The first-order valence-electron chi connectivity index (χ1n) is 7.29. The monoisotopic (exact) mass is 224 g/mol. The maximum Gasteiger partial charge on any atom is 0.0224 e. The van der Waals surface area contributed by atoms with Crippen LogP contribution in [0.5, 0.6) is 0 Å². The van der Waals surface area contributed by atoms with Crippen molar-refractivity contribution in [2.24, 2.45) is 5.92 Å². The summed E-state index contributed by atoms with van der Waals surface area (Å²) in [7, 11) is 0. The van der Waals surface area contributed by atoms with Crippen molar-refractivity contribution >= 4 is 0 Å². The molecule has 2 fully saturated rings. The zero-order chi connectivity index (χ0) is 11.4. The summed E-state index contributed by atoms with van der Waals surface area (Å²) in [5, 5.41) is 3.57. The predicted octanol–water partition coefficient (Wildman–Crippen LogP) is 2.64. The van der Waals surface area contributed by atoms with Gasteiger partial charge in [-0.05, 0) is 51.1 Å². The first kappa shape index (κ1) is 12.4. The zero-order valence-corrected chi connectivity index (χ0v) is 11.0. The molecule has 3 unspecified atom stereocenters. The van der Waals surface area contributed by atoms with Gasteiger partial charge in [0.25, 0.3) is 0 Å². The molecule has 3 atom stereocenters. The lowest BCUT2D eigenvalue weighted by Gasteiger charge is -2.40. The van der Waals surface area contributed by atoms with Crippen molar-refractivity contribution in [3.05, 3.63) is 0 Å². The first-order chi connectivity index (χ1) is 7.83. The van der Waals surface area contributed by atoms with E-state index in [9.17, 15) is 0 Å². The molecule has 0 amide bonds. The van der Waals surface area contributed by atoms with Crippen LogP contribution in [0.15, 0.2) is 0 Å². The predicted molar refractivity (Wildman–Crippen MR) is 69.7 cm³/mol. The van der Waals surface area contributed by atoms with Crippen LogP contribution >= 0.6 is 0 Å². The molecule has 16 heavy (non-hydrogen) atoms. The van der Waals surface area contributed by atoms with Crippen LogP contribution < -0.4 is 5.32 Å². The van der Waals surface area contributed by atoms with Gasteiger partial charge >= 0.3 is 0 Å². The molecular formula is C14H28N2. The van der Waals surface area contributed by atoms with Gasteiger partial charge in [0.15, 0.2) is 0 Å². The zero-order valence-electron chi connectivity index (χ0n) is 11.0. The lowest BCUT2D eigenvalue weighted by atomic mass is 9.98. The van der Waals surface area contributed by atoms with Crippen molar-refractivity contribution in [2.75, 3.05) is 19.6 Å². The standard InChI is InChI=1S/C14H28N2/c1-3-10-16(13-7-5-9-15-11-13)14-8-4-6-12(14)2/h12-15H,3-11H2,1-2H3. The Balaban J connectivity index is 1.97. The van der Waals surface area contributed by atoms with Gasteiger partial charge in [0.1, 0.15) is 0 Å². The molecule has 2 heteroatoms. The molecule has 0 radical (unpaired) electrons. The number of nitrogens with one attached hydrogen (secondary N) is 1. The summed E-state index contributed by atoms with van der Waals surface area (Å²) < 4.78 is 0. The van der Waals surface area contributed by atoms with Gasteiger partial charge in [-0.1, -0.05) is 20.3 Å². The Hall–Kier alpha value is -0.0800. The van der Waals surface area contributed by atoms with Gasteiger partial charge in [-0.2, -0.15) is 0 Å². The van der Waals surface area contributed by atoms with Crippen LogP contribution in [0.3, 0.4) is 0 Å². The highest BCUT2D eigenvalue weighted by molar-refractivity contribution is 4.88. The molecule has 0 bridgehead atoms. The van der Waals surface area contributed by atoms with Crippen LogP contribution in [0.2, 0.25) is 0 Å². The van der Waals surface area contributed by atoms with Crippen molar-refractivity contribution in [3.63, 3.8) is 0 Å². The fourth-order valence-electron chi connectivity index (χ4n) is 3.61. The average molecular weight is 224 g/mol. The molecule has 94 valence electrons. The molecule has 1 aliphatic heterocycles. The fraction of sp³-hybridized carbons (Fsp3) is 1.00. The van der Waals surface area contributed by atoms with Crippen molar-refractivity contribution in [2.45, 2.75) is 64.5 Å². The van der Waals surface area contributed by atoms with Crippen LogP contribution in [-0.2, 0) is 0 Å². The molecule has 0 spiro atoms. The second kappa shape index (κ2) is 6.02. The summed E-state index contributed by atoms with van der Waals surface area (Å²) in [5.74, 6) is 0.925. The van der Waals surface area contributed by atoms with Gasteiger partial charge in [0.2, 0.25) is 0 Å². The molecule has 0 aromatic carbocycles. The van der Waals surface area contributed by atoms with E-state index >= 15 is 0 Å². The Morgan fingerprint density at radius 2 is 2.06 bits per heavy atom. The Morgan fingerprint density at radius 1 is 1.19 bits per heavy atom. The van der Waals surface area contributed by atoms with Crippen LogP contribution in [0.1, 0.15) is 52.4 Å². The van der Waals surface area contributed by atoms with Gasteiger partial charge in [0, 0.05) is 18.6 Å². The maximum atomic E-state index is 3.57. The Morgan fingerprint density at radius 3 is 2.62 bits per heavy atom.